The SMILES string of the molecule is CCOC(=O)C1C(CC(C)C)C(C(=O)OCC)C(O)(C(F)(F)F)NC1(O)C(F)F. The third kappa shape index (κ3) is 4.80. The largest absolute Gasteiger partial charge is 0.466 e. The molecule has 1 heterocycles. The molecule has 0 aromatic carbocycles. The Labute approximate surface area is 164 Å². The molecule has 1 aliphatic rings. The molecule has 5 atom stereocenters. The van der Waals surface area contributed by atoms with Gasteiger partial charge in [-0.1, -0.05) is 13.8 Å². The van der Waals surface area contributed by atoms with Crippen molar-refractivity contribution in [2.24, 2.45) is 23.7 Å². The zero-order chi connectivity index (χ0) is 22.8. The summed E-state index contributed by atoms with van der Waals surface area (Å²) in [4.78, 5) is 24.8. The molecule has 0 aromatic rings. The van der Waals surface area contributed by atoms with Gasteiger partial charge in [-0.05, 0) is 32.1 Å². The van der Waals surface area contributed by atoms with Crippen molar-refractivity contribution in [1.82, 2.24) is 5.32 Å². The average Bonchev–Trinajstić information content (AvgIpc) is 2.53. The minimum Gasteiger partial charge on any atom is -0.466 e. The van der Waals surface area contributed by atoms with Crippen LogP contribution in [0.4, 0.5) is 22.0 Å². The molecule has 5 unspecified atom stereocenters. The van der Waals surface area contributed by atoms with Crippen LogP contribution in [-0.4, -0.2) is 59.4 Å². The first-order chi connectivity index (χ1) is 13.2. The van der Waals surface area contributed by atoms with Crippen molar-refractivity contribution < 1.29 is 51.2 Å². The Bertz CT molecular complexity index is 601. The highest BCUT2D eigenvalue weighted by Gasteiger charge is 2.74. The lowest BCUT2D eigenvalue weighted by Crippen LogP contribution is -2.80. The Morgan fingerprint density at radius 1 is 1.03 bits per heavy atom. The molecule has 29 heavy (non-hydrogen) atoms. The highest BCUT2D eigenvalue weighted by Crippen LogP contribution is 2.51. The van der Waals surface area contributed by atoms with E-state index in [1.807, 2.05) is 0 Å². The molecule has 0 bridgehead atoms. The number of aliphatic hydroxyl groups is 2. The molecular weight excluding hydrogens is 409 g/mol. The van der Waals surface area contributed by atoms with Crippen molar-refractivity contribution in [1.29, 1.82) is 0 Å². The molecule has 12 heteroatoms. The fraction of sp³-hybridized carbons (Fsp3) is 0.882. The van der Waals surface area contributed by atoms with Crippen molar-refractivity contribution in [3.8, 4) is 0 Å². The van der Waals surface area contributed by atoms with Crippen LogP contribution in [0.3, 0.4) is 0 Å². The number of piperidine rings is 1. The van der Waals surface area contributed by atoms with Crippen molar-refractivity contribution >= 4 is 11.9 Å². The summed E-state index contributed by atoms with van der Waals surface area (Å²) < 4.78 is 78.2. The number of rotatable bonds is 7. The van der Waals surface area contributed by atoms with Crippen LogP contribution in [-0.2, 0) is 19.1 Å². The molecule has 1 aliphatic heterocycles. The summed E-state index contributed by atoms with van der Waals surface area (Å²) in [6.45, 7) is 5.00. The third-order valence-corrected chi connectivity index (χ3v) is 4.76. The van der Waals surface area contributed by atoms with Gasteiger partial charge in [0, 0.05) is 0 Å². The highest BCUT2D eigenvalue weighted by atomic mass is 19.4. The van der Waals surface area contributed by atoms with Gasteiger partial charge >= 0.3 is 18.1 Å². The van der Waals surface area contributed by atoms with Gasteiger partial charge in [0.25, 0.3) is 6.43 Å². The van der Waals surface area contributed by atoms with Crippen LogP contribution in [0.2, 0.25) is 0 Å². The normalized spacial score (nSPS) is 33.1. The molecule has 0 aromatic heterocycles. The van der Waals surface area contributed by atoms with Gasteiger partial charge in [0.05, 0.1) is 13.2 Å². The standard InChI is InChI=1S/C17H26F5NO6/c1-5-28-12(24)10-9(7-8(3)4)11(13(25)29-6-2)16(27,17(20,21)22)23-15(10,26)14(18)19/h8-11,14,23,26-27H,5-7H2,1-4H3. The number of carbonyl (C=O) groups is 2. The fourth-order valence-corrected chi connectivity index (χ4v) is 3.71. The fourth-order valence-electron chi connectivity index (χ4n) is 3.71. The Hall–Kier alpha value is -1.53. The third-order valence-electron chi connectivity index (χ3n) is 4.76. The minimum atomic E-state index is -5.66. The van der Waals surface area contributed by atoms with Gasteiger partial charge in [0.15, 0.2) is 5.72 Å². The monoisotopic (exact) mass is 435 g/mol. The zero-order valence-electron chi connectivity index (χ0n) is 16.4. The van der Waals surface area contributed by atoms with E-state index in [2.05, 4.69) is 4.74 Å². The van der Waals surface area contributed by atoms with Crippen LogP contribution in [0.5, 0.6) is 0 Å². The Morgan fingerprint density at radius 2 is 1.48 bits per heavy atom. The molecule has 7 nitrogen and oxygen atoms in total. The minimum absolute atomic E-state index is 0.309. The quantitative estimate of drug-likeness (QED) is 0.414. The number of carbonyl (C=O) groups excluding carboxylic acids is 2. The first-order valence-electron chi connectivity index (χ1n) is 9.09. The van der Waals surface area contributed by atoms with Crippen LogP contribution in [0.15, 0.2) is 0 Å². The van der Waals surface area contributed by atoms with E-state index in [4.69, 9.17) is 4.74 Å². The molecule has 0 radical (unpaired) electrons. The Morgan fingerprint density at radius 3 is 1.83 bits per heavy atom. The summed E-state index contributed by atoms with van der Waals surface area (Å²) in [6, 6.07) is 0. The van der Waals surface area contributed by atoms with Gasteiger partial charge < -0.3 is 19.7 Å². The lowest BCUT2D eigenvalue weighted by atomic mass is 9.64. The molecule has 170 valence electrons. The second-order valence-electron chi connectivity index (χ2n) is 7.27. The summed E-state index contributed by atoms with van der Waals surface area (Å²) in [7, 11) is 0. The number of ether oxygens (including phenoxy) is 2. The van der Waals surface area contributed by atoms with Crippen molar-refractivity contribution in [3.63, 3.8) is 0 Å². The molecule has 0 saturated carbocycles. The topological polar surface area (TPSA) is 105 Å². The maximum absolute atomic E-state index is 13.8. The molecular formula is C17H26F5NO6. The van der Waals surface area contributed by atoms with Crippen LogP contribution in [0.1, 0.15) is 34.1 Å². The van der Waals surface area contributed by atoms with E-state index in [9.17, 15) is 41.8 Å². The molecule has 1 fully saturated rings. The second kappa shape index (κ2) is 9.09. The smallest absolute Gasteiger partial charge is 0.431 e. The summed E-state index contributed by atoms with van der Waals surface area (Å²) >= 11 is 0. The van der Waals surface area contributed by atoms with Gasteiger partial charge in [-0.3, -0.25) is 9.59 Å². The Balaban J connectivity index is 3.79. The number of esters is 2. The van der Waals surface area contributed by atoms with Crippen molar-refractivity contribution in [2.75, 3.05) is 13.2 Å². The van der Waals surface area contributed by atoms with Crippen LogP contribution in [0.25, 0.3) is 0 Å². The number of hydrogen-bond acceptors (Lipinski definition) is 7. The van der Waals surface area contributed by atoms with Crippen LogP contribution in [0, 0.1) is 23.7 Å². The maximum atomic E-state index is 13.8. The van der Waals surface area contributed by atoms with E-state index in [1.165, 1.54) is 27.7 Å². The van der Waals surface area contributed by atoms with E-state index in [0.717, 1.165) is 5.32 Å². The lowest BCUT2D eigenvalue weighted by Gasteiger charge is -2.54. The summed E-state index contributed by atoms with van der Waals surface area (Å²) in [5.41, 5.74) is -8.08. The lowest BCUT2D eigenvalue weighted by molar-refractivity contribution is -0.350. The maximum Gasteiger partial charge on any atom is 0.431 e. The first kappa shape index (κ1) is 25.5. The molecule has 1 saturated heterocycles. The summed E-state index contributed by atoms with van der Waals surface area (Å²) in [5.74, 6) is -10.1. The summed E-state index contributed by atoms with van der Waals surface area (Å²) in [5, 5.41) is 21.9. The van der Waals surface area contributed by atoms with Crippen molar-refractivity contribution in [2.45, 2.75) is 58.2 Å². The molecule has 0 spiro atoms. The molecule has 3 N–H and O–H groups in total. The van der Waals surface area contributed by atoms with Crippen LogP contribution < -0.4 is 5.32 Å². The van der Waals surface area contributed by atoms with Gasteiger partial charge in [-0.2, -0.15) is 13.2 Å². The number of hydrogen-bond donors (Lipinski definition) is 3. The van der Waals surface area contributed by atoms with Gasteiger partial charge in [0.1, 0.15) is 11.8 Å². The van der Waals surface area contributed by atoms with E-state index in [0.29, 0.717) is 0 Å². The average molecular weight is 435 g/mol. The molecule has 0 aliphatic carbocycles. The van der Waals surface area contributed by atoms with Gasteiger partial charge in [0.2, 0.25) is 5.72 Å². The van der Waals surface area contributed by atoms with E-state index < -0.39 is 59.7 Å². The second-order valence-corrected chi connectivity index (χ2v) is 7.27. The predicted molar refractivity (Wildman–Crippen MR) is 88.3 cm³/mol. The first-order valence-corrected chi connectivity index (χ1v) is 9.09. The number of halogens is 5. The van der Waals surface area contributed by atoms with E-state index >= 15 is 0 Å². The van der Waals surface area contributed by atoms with E-state index in [-0.39, 0.29) is 19.6 Å². The van der Waals surface area contributed by atoms with E-state index in [1.54, 1.807) is 0 Å². The highest BCUT2D eigenvalue weighted by molar-refractivity contribution is 5.79. The molecule has 1 rings (SSSR count). The van der Waals surface area contributed by atoms with Gasteiger partial charge in [-0.15, -0.1) is 0 Å². The van der Waals surface area contributed by atoms with Crippen molar-refractivity contribution in [3.05, 3.63) is 0 Å². The Kier molecular flexibility index (Phi) is 7.99. The van der Waals surface area contributed by atoms with Crippen LogP contribution >= 0.6 is 0 Å². The zero-order valence-corrected chi connectivity index (χ0v) is 16.4. The number of alkyl halides is 5. The molecule has 0 amide bonds. The summed E-state index contributed by atoms with van der Waals surface area (Å²) in [6.07, 6.45) is -9.98. The predicted octanol–water partition coefficient (Wildman–Crippen LogP) is 1.82. The van der Waals surface area contributed by atoms with Gasteiger partial charge in [-0.25, -0.2) is 14.1 Å². The number of nitrogens with one attached hydrogen (secondary N) is 1.